The average Bonchev–Trinajstić information content (AvgIpc) is 2.28. The van der Waals surface area contributed by atoms with E-state index >= 15 is 0 Å². The molecule has 1 aromatic rings. The number of aryl methyl sites for hydroxylation is 1. The van der Waals surface area contributed by atoms with E-state index in [1.165, 1.54) is 5.56 Å². The Morgan fingerprint density at radius 3 is 2.44 bits per heavy atom. The third kappa shape index (κ3) is 4.45. The highest BCUT2D eigenvalue weighted by molar-refractivity contribution is 5.25. The van der Waals surface area contributed by atoms with Gasteiger partial charge in [-0.2, -0.15) is 0 Å². The number of hydrogen-bond acceptors (Lipinski definition) is 1. The first-order valence-electron chi connectivity index (χ1n) is 7.11. The Bertz CT molecular complexity index is 362. The van der Waals surface area contributed by atoms with Crippen molar-refractivity contribution in [1.29, 1.82) is 0 Å². The monoisotopic (exact) mass is 248 g/mol. The Balaban J connectivity index is 2.72. The van der Waals surface area contributed by atoms with Gasteiger partial charge >= 0.3 is 0 Å². The molecule has 0 heterocycles. The van der Waals surface area contributed by atoms with E-state index in [2.05, 4.69) is 52.8 Å². The van der Waals surface area contributed by atoms with Crippen LogP contribution >= 0.6 is 0 Å². The third-order valence-corrected chi connectivity index (χ3v) is 3.93. The second kappa shape index (κ2) is 6.38. The van der Waals surface area contributed by atoms with Crippen LogP contribution in [-0.4, -0.2) is 5.11 Å². The Kier molecular flexibility index (Phi) is 5.40. The predicted molar refractivity (Wildman–Crippen MR) is 78.6 cm³/mol. The third-order valence-electron chi connectivity index (χ3n) is 3.93. The quantitative estimate of drug-likeness (QED) is 0.797. The summed E-state index contributed by atoms with van der Waals surface area (Å²) in [5.41, 5.74) is 2.65. The van der Waals surface area contributed by atoms with Crippen molar-refractivity contribution in [2.75, 3.05) is 0 Å². The van der Waals surface area contributed by atoms with E-state index in [1.54, 1.807) is 0 Å². The second-order valence-electron chi connectivity index (χ2n) is 6.51. The van der Waals surface area contributed by atoms with Crippen LogP contribution in [-0.2, 0) is 6.42 Å². The summed E-state index contributed by atoms with van der Waals surface area (Å²) in [6.07, 6.45) is 2.74. The minimum Gasteiger partial charge on any atom is -0.388 e. The number of hydrogen-bond donors (Lipinski definition) is 1. The van der Waals surface area contributed by atoms with Crippen molar-refractivity contribution < 1.29 is 5.11 Å². The smallest absolute Gasteiger partial charge is 0.0792 e. The van der Waals surface area contributed by atoms with Gasteiger partial charge in [-0.1, -0.05) is 65.3 Å². The fourth-order valence-electron chi connectivity index (χ4n) is 2.07. The standard InChI is InChI=1S/C17H28O/c1-6-8-14-9-7-10-15(12-14)16(18)11-13(2)17(3,4)5/h7,9-10,12-13,16,18H,6,8,11H2,1-5H3. The van der Waals surface area contributed by atoms with Crippen molar-refractivity contribution in [1.82, 2.24) is 0 Å². The van der Waals surface area contributed by atoms with Gasteiger partial charge in [0.25, 0.3) is 0 Å². The maximum Gasteiger partial charge on any atom is 0.0792 e. The van der Waals surface area contributed by atoms with Gasteiger partial charge in [0, 0.05) is 0 Å². The highest BCUT2D eigenvalue weighted by Crippen LogP contribution is 2.33. The highest BCUT2D eigenvalue weighted by Gasteiger charge is 2.23. The first kappa shape index (κ1) is 15.2. The van der Waals surface area contributed by atoms with Crippen molar-refractivity contribution in [3.05, 3.63) is 35.4 Å². The lowest BCUT2D eigenvalue weighted by Gasteiger charge is -2.29. The topological polar surface area (TPSA) is 20.2 Å². The molecule has 1 heteroatoms. The summed E-state index contributed by atoms with van der Waals surface area (Å²) in [6.45, 7) is 11.1. The van der Waals surface area contributed by atoms with E-state index in [9.17, 15) is 5.11 Å². The van der Waals surface area contributed by atoms with Crippen LogP contribution in [0.1, 0.15) is 64.7 Å². The molecule has 1 nitrogen and oxygen atoms in total. The minimum atomic E-state index is -0.337. The van der Waals surface area contributed by atoms with E-state index in [1.807, 2.05) is 6.07 Å². The van der Waals surface area contributed by atoms with Crippen LogP contribution in [0, 0.1) is 11.3 Å². The molecule has 0 aromatic heterocycles. The molecule has 0 aliphatic heterocycles. The molecular weight excluding hydrogens is 220 g/mol. The molecule has 0 saturated carbocycles. The van der Waals surface area contributed by atoms with E-state index in [4.69, 9.17) is 0 Å². The molecule has 1 aromatic carbocycles. The zero-order chi connectivity index (χ0) is 13.8. The van der Waals surface area contributed by atoms with Gasteiger partial charge in [0.15, 0.2) is 0 Å². The van der Waals surface area contributed by atoms with Crippen molar-refractivity contribution in [3.8, 4) is 0 Å². The molecule has 1 N–H and O–H groups in total. The van der Waals surface area contributed by atoms with Crippen molar-refractivity contribution >= 4 is 0 Å². The minimum absolute atomic E-state index is 0.252. The molecule has 0 aliphatic carbocycles. The van der Waals surface area contributed by atoms with Gasteiger partial charge in [-0.05, 0) is 35.3 Å². The van der Waals surface area contributed by atoms with Crippen LogP contribution in [0.2, 0.25) is 0 Å². The summed E-state index contributed by atoms with van der Waals surface area (Å²) in [7, 11) is 0. The number of rotatable bonds is 5. The Hall–Kier alpha value is -0.820. The Morgan fingerprint density at radius 1 is 1.22 bits per heavy atom. The van der Waals surface area contributed by atoms with Crippen molar-refractivity contribution in [2.24, 2.45) is 11.3 Å². The van der Waals surface area contributed by atoms with E-state index in [-0.39, 0.29) is 11.5 Å². The van der Waals surface area contributed by atoms with Gasteiger partial charge in [0.05, 0.1) is 6.10 Å². The van der Waals surface area contributed by atoms with Crippen LogP contribution in [0.5, 0.6) is 0 Å². The molecule has 0 radical (unpaired) electrons. The number of aliphatic hydroxyl groups is 1. The first-order valence-corrected chi connectivity index (χ1v) is 7.11. The maximum atomic E-state index is 10.3. The van der Waals surface area contributed by atoms with Gasteiger partial charge in [-0.25, -0.2) is 0 Å². The molecule has 2 atom stereocenters. The summed E-state index contributed by atoms with van der Waals surface area (Å²) in [6, 6.07) is 8.40. The summed E-state index contributed by atoms with van der Waals surface area (Å²) < 4.78 is 0. The Labute approximate surface area is 112 Å². The molecule has 0 amide bonds. The van der Waals surface area contributed by atoms with Gasteiger partial charge in [-0.3, -0.25) is 0 Å². The predicted octanol–water partition coefficient (Wildman–Crippen LogP) is 4.74. The molecule has 18 heavy (non-hydrogen) atoms. The van der Waals surface area contributed by atoms with Crippen molar-refractivity contribution in [2.45, 2.75) is 60.0 Å². The Morgan fingerprint density at radius 2 is 1.89 bits per heavy atom. The largest absolute Gasteiger partial charge is 0.388 e. The normalized spacial score (nSPS) is 15.4. The molecule has 1 rings (SSSR count). The SMILES string of the molecule is CCCc1cccc(C(O)CC(C)C(C)(C)C)c1. The molecule has 0 spiro atoms. The summed E-state index contributed by atoms with van der Waals surface area (Å²) in [5, 5.41) is 10.3. The fourth-order valence-corrected chi connectivity index (χ4v) is 2.07. The summed E-state index contributed by atoms with van der Waals surface area (Å²) in [4.78, 5) is 0. The number of benzene rings is 1. The summed E-state index contributed by atoms with van der Waals surface area (Å²) >= 11 is 0. The lowest BCUT2D eigenvalue weighted by molar-refractivity contribution is 0.111. The molecule has 2 unspecified atom stereocenters. The van der Waals surface area contributed by atoms with Gasteiger partial charge in [0.1, 0.15) is 0 Å². The van der Waals surface area contributed by atoms with Gasteiger partial charge in [0.2, 0.25) is 0 Å². The maximum absolute atomic E-state index is 10.3. The van der Waals surface area contributed by atoms with Crippen LogP contribution in [0.25, 0.3) is 0 Å². The second-order valence-corrected chi connectivity index (χ2v) is 6.51. The first-order chi connectivity index (χ1) is 8.34. The number of aliphatic hydroxyl groups excluding tert-OH is 1. The van der Waals surface area contributed by atoms with E-state index < -0.39 is 0 Å². The van der Waals surface area contributed by atoms with Gasteiger partial charge in [-0.15, -0.1) is 0 Å². The highest BCUT2D eigenvalue weighted by atomic mass is 16.3. The lowest BCUT2D eigenvalue weighted by atomic mass is 9.78. The zero-order valence-corrected chi connectivity index (χ0v) is 12.5. The zero-order valence-electron chi connectivity index (χ0n) is 12.5. The average molecular weight is 248 g/mol. The van der Waals surface area contributed by atoms with Crippen LogP contribution in [0.4, 0.5) is 0 Å². The molecule has 0 saturated heterocycles. The van der Waals surface area contributed by atoms with Crippen molar-refractivity contribution in [3.63, 3.8) is 0 Å². The lowest BCUT2D eigenvalue weighted by Crippen LogP contribution is -2.19. The molecule has 0 fully saturated rings. The van der Waals surface area contributed by atoms with E-state index in [0.29, 0.717) is 5.92 Å². The summed E-state index contributed by atoms with van der Waals surface area (Å²) in [5.74, 6) is 0.502. The molecule has 0 aliphatic rings. The fraction of sp³-hybridized carbons (Fsp3) is 0.647. The van der Waals surface area contributed by atoms with E-state index in [0.717, 1.165) is 24.8 Å². The molecule has 0 bridgehead atoms. The molecular formula is C17H28O. The molecule has 102 valence electrons. The van der Waals surface area contributed by atoms with Crippen LogP contribution < -0.4 is 0 Å². The van der Waals surface area contributed by atoms with Gasteiger partial charge < -0.3 is 5.11 Å². The van der Waals surface area contributed by atoms with Crippen LogP contribution in [0.3, 0.4) is 0 Å². The van der Waals surface area contributed by atoms with Crippen LogP contribution in [0.15, 0.2) is 24.3 Å².